The van der Waals surface area contributed by atoms with Crippen molar-refractivity contribution in [2.45, 2.75) is 31.8 Å². The molecule has 4 heteroatoms. The number of nitrogens with zero attached hydrogens (tertiary/aromatic N) is 1. The van der Waals surface area contributed by atoms with Crippen LogP contribution in [0.4, 0.5) is 0 Å². The third-order valence-electron chi connectivity index (χ3n) is 3.79. The molecule has 1 heterocycles. The second-order valence-electron chi connectivity index (χ2n) is 5.22. The van der Waals surface area contributed by atoms with Crippen molar-refractivity contribution in [2.24, 2.45) is 11.8 Å². The lowest BCUT2D eigenvalue weighted by atomic mass is 10.0. The minimum atomic E-state index is -1.60. The van der Waals surface area contributed by atoms with Crippen LogP contribution < -0.4 is 0 Å². The van der Waals surface area contributed by atoms with Crippen LogP contribution in [0.1, 0.15) is 26.2 Å². The van der Waals surface area contributed by atoms with E-state index < -0.39 is 11.6 Å². The fraction of sp³-hybridized carbons (Fsp3) is 0.909. The van der Waals surface area contributed by atoms with Crippen LogP contribution in [0.2, 0.25) is 0 Å². The van der Waals surface area contributed by atoms with Crippen LogP contribution in [0.15, 0.2) is 0 Å². The Bertz CT molecular complexity index is 253. The Labute approximate surface area is 89.9 Å². The molecule has 4 nitrogen and oxygen atoms in total. The molecule has 3 unspecified atom stereocenters. The normalized spacial score (nSPS) is 35.1. The first kappa shape index (κ1) is 10.9. The zero-order valence-corrected chi connectivity index (χ0v) is 9.15. The summed E-state index contributed by atoms with van der Waals surface area (Å²) in [4.78, 5) is 12.9. The van der Waals surface area contributed by atoms with Gasteiger partial charge in [0.15, 0.2) is 5.60 Å². The number of hydrogen-bond donors (Lipinski definition) is 2. The Morgan fingerprint density at radius 3 is 2.40 bits per heavy atom. The molecule has 3 atom stereocenters. The molecule has 15 heavy (non-hydrogen) atoms. The summed E-state index contributed by atoms with van der Waals surface area (Å²) in [5.41, 5.74) is -1.60. The molecular weight excluding hydrogens is 194 g/mol. The van der Waals surface area contributed by atoms with E-state index in [2.05, 4.69) is 4.90 Å². The molecule has 1 aliphatic carbocycles. The van der Waals surface area contributed by atoms with E-state index in [1.165, 1.54) is 26.2 Å². The average Bonchev–Trinajstić information content (AvgIpc) is 2.62. The fourth-order valence-electron chi connectivity index (χ4n) is 2.96. The van der Waals surface area contributed by atoms with Crippen molar-refractivity contribution in [1.29, 1.82) is 0 Å². The summed E-state index contributed by atoms with van der Waals surface area (Å²) in [6.45, 7) is 3.57. The standard InChI is InChI=1S/C11H19NO3/c1-11(15,10(13)14)7-12-5-8-3-2-4-9(8)6-12/h8-9,15H,2-7H2,1H3,(H,13,14). The van der Waals surface area contributed by atoms with Crippen molar-refractivity contribution in [1.82, 2.24) is 4.90 Å². The van der Waals surface area contributed by atoms with Gasteiger partial charge >= 0.3 is 5.97 Å². The highest BCUT2D eigenvalue weighted by atomic mass is 16.4. The van der Waals surface area contributed by atoms with Crippen molar-refractivity contribution >= 4 is 5.97 Å². The van der Waals surface area contributed by atoms with Crippen molar-refractivity contribution in [2.75, 3.05) is 19.6 Å². The number of aliphatic carboxylic acids is 1. The molecule has 1 saturated carbocycles. The second kappa shape index (κ2) is 3.76. The smallest absolute Gasteiger partial charge is 0.336 e. The molecule has 0 bridgehead atoms. The van der Waals surface area contributed by atoms with E-state index >= 15 is 0 Å². The van der Waals surface area contributed by atoms with Crippen molar-refractivity contribution in [3.05, 3.63) is 0 Å². The molecule has 0 amide bonds. The Hall–Kier alpha value is -0.610. The molecule has 0 spiro atoms. The summed E-state index contributed by atoms with van der Waals surface area (Å²) >= 11 is 0. The van der Waals surface area contributed by atoms with E-state index in [1.807, 2.05) is 0 Å². The lowest BCUT2D eigenvalue weighted by Crippen LogP contribution is -2.46. The number of aliphatic hydroxyl groups is 1. The van der Waals surface area contributed by atoms with E-state index in [-0.39, 0.29) is 6.54 Å². The van der Waals surface area contributed by atoms with Crippen LogP contribution in [-0.2, 0) is 4.79 Å². The van der Waals surface area contributed by atoms with Crippen LogP contribution in [0.3, 0.4) is 0 Å². The van der Waals surface area contributed by atoms with E-state index in [9.17, 15) is 9.90 Å². The van der Waals surface area contributed by atoms with Crippen LogP contribution in [0.25, 0.3) is 0 Å². The van der Waals surface area contributed by atoms with Crippen LogP contribution in [0.5, 0.6) is 0 Å². The average molecular weight is 213 g/mol. The minimum absolute atomic E-state index is 0.259. The number of carboxylic acids is 1. The van der Waals surface area contributed by atoms with Gasteiger partial charge in [-0.05, 0) is 31.6 Å². The van der Waals surface area contributed by atoms with Gasteiger partial charge in [-0.25, -0.2) is 4.79 Å². The van der Waals surface area contributed by atoms with Crippen molar-refractivity contribution < 1.29 is 15.0 Å². The lowest BCUT2D eigenvalue weighted by Gasteiger charge is -2.25. The summed E-state index contributed by atoms with van der Waals surface area (Å²) in [5, 5.41) is 18.5. The predicted molar refractivity (Wildman–Crippen MR) is 55.5 cm³/mol. The fourth-order valence-corrected chi connectivity index (χ4v) is 2.96. The number of carbonyl (C=O) groups is 1. The molecule has 1 saturated heterocycles. The van der Waals surface area contributed by atoms with Gasteiger partial charge in [0.1, 0.15) is 0 Å². The zero-order chi connectivity index (χ0) is 11.1. The molecule has 86 valence electrons. The molecule has 0 aromatic heterocycles. The van der Waals surface area contributed by atoms with Gasteiger partial charge in [0.25, 0.3) is 0 Å². The monoisotopic (exact) mass is 213 g/mol. The van der Waals surface area contributed by atoms with Crippen LogP contribution in [-0.4, -0.2) is 46.3 Å². The molecule has 2 fully saturated rings. The van der Waals surface area contributed by atoms with Crippen LogP contribution >= 0.6 is 0 Å². The highest BCUT2D eigenvalue weighted by Crippen LogP contribution is 2.37. The number of β-amino-alcohol motifs (C(OH)–C–C–N with tert-alkyl or cyclic N) is 1. The first-order valence-corrected chi connectivity index (χ1v) is 5.67. The summed E-state index contributed by atoms with van der Waals surface area (Å²) in [7, 11) is 0. The first-order valence-electron chi connectivity index (χ1n) is 5.67. The Kier molecular flexibility index (Phi) is 2.73. The lowest BCUT2D eigenvalue weighted by molar-refractivity contribution is -0.158. The molecular formula is C11H19NO3. The van der Waals surface area contributed by atoms with Gasteiger partial charge in [-0.3, -0.25) is 4.90 Å². The summed E-state index contributed by atoms with van der Waals surface area (Å²) in [6, 6.07) is 0. The minimum Gasteiger partial charge on any atom is -0.479 e. The first-order chi connectivity index (χ1) is 6.99. The number of hydrogen-bond acceptors (Lipinski definition) is 3. The Balaban J connectivity index is 1.90. The predicted octanol–water partition coefficient (Wildman–Crippen LogP) is 0.554. The van der Waals surface area contributed by atoms with Gasteiger partial charge in [0.05, 0.1) is 0 Å². The number of rotatable bonds is 3. The largest absolute Gasteiger partial charge is 0.479 e. The molecule has 0 aromatic carbocycles. The van der Waals surface area contributed by atoms with Crippen molar-refractivity contribution in [3.63, 3.8) is 0 Å². The highest BCUT2D eigenvalue weighted by Gasteiger charge is 2.40. The second-order valence-corrected chi connectivity index (χ2v) is 5.22. The highest BCUT2D eigenvalue weighted by molar-refractivity contribution is 5.76. The van der Waals surface area contributed by atoms with Crippen molar-refractivity contribution in [3.8, 4) is 0 Å². The van der Waals surface area contributed by atoms with E-state index in [0.717, 1.165) is 24.9 Å². The summed E-state index contributed by atoms with van der Waals surface area (Å²) in [5.74, 6) is 0.365. The topological polar surface area (TPSA) is 60.8 Å². The number of carboxylic acid groups (broad SMARTS) is 1. The number of likely N-dealkylation sites (tertiary alicyclic amines) is 1. The molecule has 2 N–H and O–H groups in total. The number of fused-ring (bicyclic) bond motifs is 1. The van der Waals surface area contributed by atoms with Gasteiger partial charge in [0, 0.05) is 19.6 Å². The van der Waals surface area contributed by atoms with Gasteiger partial charge in [-0.15, -0.1) is 0 Å². The summed E-state index contributed by atoms with van der Waals surface area (Å²) in [6.07, 6.45) is 3.87. The van der Waals surface area contributed by atoms with E-state index in [1.54, 1.807) is 0 Å². The third kappa shape index (κ3) is 2.16. The zero-order valence-electron chi connectivity index (χ0n) is 9.15. The van der Waals surface area contributed by atoms with E-state index in [4.69, 9.17) is 5.11 Å². The SMILES string of the molecule is CC(O)(CN1CC2CCCC2C1)C(=O)O. The maximum atomic E-state index is 10.8. The maximum absolute atomic E-state index is 10.8. The quantitative estimate of drug-likeness (QED) is 0.719. The van der Waals surface area contributed by atoms with Crippen LogP contribution in [0, 0.1) is 11.8 Å². The Morgan fingerprint density at radius 2 is 1.93 bits per heavy atom. The van der Waals surface area contributed by atoms with Gasteiger partial charge in [0.2, 0.25) is 0 Å². The maximum Gasteiger partial charge on any atom is 0.336 e. The molecule has 0 aromatic rings. The van der Waals surface area contributed by atoms with Gasteiger partial charge in [-0.2, -0.15) is 0 Å². The van der Waals surface area contributed by atoms with E-state index in [0.29, 0.717) is 0 Å². The molecule has 2 aliphatic rings. The Morgan fingerprint density at radius 1 is 1.40 bits per heavy atom. The molecule has 1 aliphatic heterocycles. The summed E-state index contributed by atoms with van der Waals surface area (Å²) < 4.78 is 0. The molecule has 0 radical (unpaired) electrons. The third-order valence-corrected chi connectivity index (χ3v) is 3.79. The van der Waals surface area contributed by atoms with Gasteiger partial charge < -0.3 is 10.2 Å². The molecule has 2 rings (SSSR count). The van der Waals surface area contributed by atoms with Gasteiger partial charge in [-0.1, -0.05) is 6.42 Å².